The quantitative estimate of drug-likeness (QED) is 0.278. The predicted octanol–water partition coefficient (Wildman–Crippen LogP) is 4.52. The number of para-hydroxylation sites is 1. The summed E-state index contributed by atoms with van der Waals surface area (Å²) in [7, 11) is 0. The van der Waals surface area contributed by atoms with Gasteiger partial charge in [0, 0.05) is 9.65 Å². The summed E-state index contributed by atoms with van der Waals surface area (Å²) in [4.78, 5) is 16.2. The van der Waals surface area contributed by atoms with Crippen molar-refractivity contribution in [1.82, 2.24) is 4.98 Å². The Labute approximate surface area is 139 Å². The number of esters is 1. The molecule has 0 N–H and O–H groups in total. The second-order valence-corrected chi connectivity index (χ2v) is 6.54. The number of hydrogen-bond donors (Lipinski definition) is 0. The van der Waals surface area contributed by atoms with Gasteiger partial charge in [-0.15, -0.1) is 11.3 Å². The lowest BCUT2D eigenvalue weighted by Crippen LogP contribution is -2.03. The maximum Gasteiger partial charge on any atom is 0.336 e. The molecule has 0 spiro atoms. The van der Waals surface area contributed by atoms with E-state index >= 15 is 0 Å². The fourth-order valence-corrected chi connectivity index (χ4v) is 2.98. The van der Waals surface area contributed by atoms with Crippen molar-refractivity contribution in [2.24, 2.45) is 0 Å². The molecule has 0 saturated carbocycles. The summed E-state index contributed by atoms with van der Waals surface area (Å²) in [5, 5.41) is 0.788. The number of ether oxygens (including phenoxy) is 1. The van der Waals surface area contributed by atoms with E-state index in [1.807, 2.05) is 36.4 Å². The number of halogens is 1. The van der Waals surface area contributed by atoms with E-state index in [0.29, 0.717) is 5.75 Å². The van der Waals surface area contributed by atoms with Gasteiger partial charge in [0.1, 0.15) is 10.8 Å². The Kier molecular flexibility index (Phi) is 4.31. The third-order valence-corrected chi connectivity index (χ3v) is 4.43. The Morgan fingerprint density at radius 2 is 1.90 bits per heavy atom. The summed E-state index contributed by atoms with van der Waals surface area (Å²) >= 11 is 3.74. The summed E-state index contributed by atoms with van der Waals surface area (Å²) < 4.78 is 7.41. The van der Waals surface area contributed by atoms with Gasteiger partial charge in [-0.3, -0.25) is 0 Å². The first-order chi connectivity index (χ1) is 10.2. The first kappa shape index (κ1) is 14.2. The van der Waals surface area contributed by atoms with Gasteiger partial charge in [0.25, 0.3) is 0 Å². The van der Waals surface area contributed by atoms with Crippen molar-refractivity contribution in [2.75, 3.05) is 0 Å². The van der Waals surface area contributed by atoms with Gasteiger partial charge in [-0.05, 0) is 65.1 Å². The molecule has 0 saturated heterocycles. The average molecular weight is 407 g/mol. The van der Waals surface area contributed by atoms with Gasteiger partial charge in [-0.2, -0.15) is 0 Å². The summed E-state index contributed by atoms with van der Waals surface area (Å²) in [5.74, 6) is 0.129. The Morgan fingerprint density at radius 3 is 2.67 bits per heavy atom. The monoisotopic (exact) mass is 407 g/mol. The summed E-state index contributed by atoms with van der Waals surface area (Å²) in [6.45, 7) is 0. The Bertz CT molecular complexity index is 776. The van der Waals surface area contributed by atoms with Crippen LogP contribution >= 0.6 is 33.9 Å². The van der Waals surface area contributed by atoms with Gasteiger partial charge in [0.2, 0.25) is 0 Å². The molecular formula is C16H10INO2S. The maximum absolute atomic E-state index is 11.8. The molecule has 1 aromatic heterocycles. The van der Waals surface area contributed by atoms with Gasteiger partial charge in [-0.1, -0.05) is 12.1 Å². The molecule has 0 aliphatic heterocycles. The minimum Gasteiger partial charge on any atom is -0.423 e. The Hall–Kier alpha value is -1.73. The van der Waals surface area contributed by atoms with Gasteiger partial charge < -0.3 is 4.74 Å². The molecule has 5 heteroatoms. The van der Waals surface area contributed by atoms with Crippen molar-refractivity contribution in [3.05, 3.63) is 63.2 Å². The minimum atomic E-state index is -0.407. The van der Waals surface area contributed by atoms with Crippen LogP contribution in [0.1, 0.15) is 5.01 Å². The highest BCUT2D eigenvalue weighted by molar-refractivity contribution is 14.1. The molecule has 1 heterocycles. The van der Waals surface area contributed by atoms with E-state index in [1.165, 1.54) is 6.08 Å². The second kappa shape index (κ2) is 6.36. The number of benzene rings is 2. The van der Waals surface area contributed by atoms with E-state index in [4.69, 9.17) is 4.74 Å². The van der Waals surface area contributed by atoms with Crippen LogP contribution in [0.25, 0.3) is 16.3 Å². The topological polar surface area (TPSA) is 39.2 Å². The van der Waals surface area contributed by atoms with E-state index in [1.54, 1.807) is 29.5 Å². The van der Waals surface area contributed by atoms with Crippen molar-refractivity contribution < 1.29 is 9.53 Å². The molecule has 0 fully saturated rings. The molecule has 3 aromatic rings. The van der Waals surface area contributed by atoms with E-state index in [-0.39, 0.29) is 0 Å². The fraction of sp³-hybridized carbons (Fsp3) is 0. The van der Waals surface area contributed by atoms with Crippen LogP contribution < -0.4 is 4.74 Å². The van der Waals surface area contributed by atoms with Crippen LogP contribution in [-0.4, -0.2) is 11.0 Å². The molecule has 0 unspecified atom stereocenters. The molecule has 0 amide bonds. The highest BCUT2D eigenvalue weighted by atomic mass is 127. The molecule has 2 aromatic carbocycles. The van der Waals surface area contributed by atoms with Gasteiger partial charge in [0.15, 0.2) is 0 Å². The fourth-order valence-electron chi connectivity index (χ4n) is 1.75. The van der Waals surface area contributed by atoms with Crippen molar-refractivity contribution in [3.8, 4) is 5.75 Å². The molecule has 21 heavy (non-hydrogen) atoms. The van der Waals surface area contributed by atoms with Crippen LogP contribution in [0.4, 0.5) is 0 Å². The molecule has 0 aliphatic carbocycles. The first-order valence-electron chi connectivity index (χ1n) is 6.22. The second-order valence-electron chi connectivity index (χ2n) is 4.23. The highest BCUT2D eigenvalue weighted by Gasteiger charge is 2.03. The number of hydrogen-bond acceptors (Lipinski definition) is 4. The number of aromatic nitrogens is 1. The lowest BCUT2D eigenvalue weighted by molar-refractivity contribution is -0.128. The number of thiazole rings is 1. The van der Waals surface area contributed by atoms with E-state index in [0.717, 1.165) is 18.8 Å². The number of nitrogens with zero attached hydrogens (tertiary/aromatic N) is 1. The molecule has 0 radical (unpaired) electrons. The van der Waals surface area contributed by atoms with Crippen LogP contribution in [0.5, 0.6) is 5.75 Å². The van der Waals surface area contributed by atoms with Crippen molar-refractivity contribution in [3.63, 3.8) is 0 Å². The van der Waals surface area contributed by atoms with Crippen LogP contribution in [0, 0.1) is 3.57 Å². The summed E-state index contributed by atoms with van der Waals surface area (Å²) in [5.41, 5.74) is 0.938. The smallest absolute Gasteiger partial charge is 0.336 e. The van der Waals surface area contributed by atoms with Crippen molar-refractivity contribution in [1.29, 1.82) is 0 Å². The van der Waals surface area contributed by atoms with Crippen LogP contribution in [0.15, 0.2) is 54.6 Å². The van der Waals surface area contributed by atoms with E-state index < -0.39 is 5.97 Å². The zero-order chi connectivity index (χ0) is 14.7. The molecule has 104 valence electrons. The molecule has 0 atom stereocenters. The largest absolute Gasteiger partial charge is 0.423 e. The van der Waals surface area contributed by atoms with Gasteiger partial charge in [-0.25, -0.2) is 9.78 Å². The first-order valence-corrected chi connectivity index (χ1v) is 8.11. The number of carbonyl (C=O) groups excluding carboxylic acids is 1. The third-order valence-electron chi connectivity index (χ3n) is 2.70. The van der Waals surface area contributed by atoms with E-state index in [9.17, 15) is 4.79 Å². The van der Waals surface area contributed by atoms with Crippen molar-refractivity contribution in [2.45, 2.75) is 0 Å². The molecule has 3 rings (SSSR count). The zero-order valence-electron chi connectivity index (χ0n) is 10.8. The zero-order valence-corrected chi connectivity index (χ0v) is 13.8. The number of fused-ring (bicyclic) bond motifs is 1. The molecule has 0 bridgehead atoms. The highest BCUT2D eigenvalue weighted by Crippen LogP contribution is 2.22. The standard InChI is InChI=1S/C16H10INO2S/c17-11-5-7-12(8-6-11)20-16(19)10-9-15-18-13-3-1-2-4-14(13)21-15/h1-10H/b10-9+. The van der Waals surface area contributed by atoms with Crippen LogP contribution in [0.2, 0.25) is 0 Å². The Balaban J connectivity index is 1.70. The number of rotatable bonds is 3. The van der Waals surface area contributed by atoms with Crippen molar-refractivity contribution >= 4 is 56.2 Å². The molecule has 3 nitrogen and oxygen atoms in total. The molecule has 0 aliphatic rings. The minimum absolute atomic E-state index is 0.407. The third kappa shape index (κ3) is 3.68. The van der Waals surface area contributed by atoms with Gasteiger partial charge >= 0.3 is 5.97 Å². The molecular weight excluding hydrogens is 397 g/mol. The average Bonchev–Trinajstić information content (AvgIpc) is 2.90. The van der Waals surface area contributed by atoms with Crippen LogP contribution in [-0.2, 0) is 4.79 Å². The normalized spacial score (nSPS) is 11.1. The SMILES string of the molecule is O=C(/C=C/c1nc2ccccc2s1)Oc1ccc(I)cc1. The number of carbonyl (C=O) groups is 1. The van der Waals surface area contributed by atoms with Crippen LogP contribution in [0.3, 0.4) is 0 Å². The lowest BCUT2D eigenvalue weighted by Gasteiger charge is -2.00. The Morgan fingerprint density at radius 1 is 1.14 bits per heavy atom. The van der Waals surface area contributed by atoms with Gasteiger partial charge in [0.05, 0.1) is 10.2 Å². The maximum atomic E-state index is 11.8. The summed E-state index contributed by atoms with van der Waals surface area (Å²) in [6.07, 6.45) is 3.08. The lowest BCUT2D eigenvalue weighted by atomic mass is 10.3. The van der Waals surface area contributed by atoms with E-state index in [2.05, 4.69) is 27.6 Å². The summed E-state index contributed by atoms with van der Waals surface area (Å²) in [6, 6.07) is 15.2. The predicted molar refractivity (Wildman–Crippen MR) is 93.4 cm³/mol.